The highest BCUT2D eigenvalue weighted by atomic mass is 16.4. The van der Waals surface area contributed by atoms with Gasteiger partial charge in [0.2, 0.25) is 5.91 Å². The number of nitrogens with one attached hydrogen (secondary N) is 1. The number of carboxylic acid groups (broad SMARTS) is 1. The van der Waals surface area contributed by atoms with Crippen LogP contribution in [0, 0.1) is 0 Å². The summed E-state index contributed by atoms with van der Waals surface area (Å²) in [6.07, 6.45) is 2.85. The van der Waals surface area contributed by atoms with E-state index in [9.17, 15) is 14.4 Å². The van der Waals surface area contributed by atoms with E-state index in [1.807, 2.05) is 24.3 Å². The molecule has 1 aromatic carbocycles. The van der Waals surface area contributed by atoms with E-state index in [-0.39, 0.29) is 18.1 Å². The maximum absolute atomic E-state index is 11.5. The van der Waals surface area contributed by atoms with Crippen LogP contribution in [0.1, 0.15) is 24.5 Å². The normalized spacial score (nSPS) is 10.4. The lowest BCUT2D eigenvalue weighted by Crippen LogP contribution is -2.21. The number of ketones is 1. The summed E-state index contributed by atoms with van der Waals surface area (Å²) in [5.74, 6) is -1.40. The lowest BCUT2D eigenvalue weighted by molar-refractivity contribution is -0.137. The van der Waals surface area contributed by atoms with E-state index in [4.69, 9.17) is 5.11 Å². The number of aliphatic carboxylic acids is 1. The second kappa shape index (κ2) is 7.89. The Morgan fingerprint density at radius 3 is 2.40 bits per heavy atom. The van der Waals surface area contributed by atoms with Gasteiger partial charge in [-0.2, -0.15) is 0 Å². The minimum atomic E-state index is -0.853. The number of allylic oxidation sites excluding steroid dienone is 1. The Morgan fingerprint density at radius 1 is 1.15 bits per heavy atom. The Balaban J connectivity index is 2.61. The fraction of sp³-hybridized carbons (Fsp3) is 0.267. The number of carbonyl (C=O) groups is 3. The van der Waals surface area contributed by atoms with Crippen LogP contribution < -0.4 is 5.32 Å². The average molecular weight is 275 g/mol. The summed E-state index contributed by atoms with van der Waals surface area (Å²) in [5, 5.41) is 11.4. The van der Waals surface area contributed by atoms with Crippen molar-refractivity contribution >= 4 is 17.7 Å². The molecule has 1 rings (SSSR count). The van der Waals surface area contributed by atoms with Gasteiger partial charge in [0, 0.05) is 19.0 Å². The maximum atomic E-state index is 11.5. The Kier molecular flexibility index (Phi) is 6.16. The van der Waals surface area contributed by atoms with Gasteiger partial charge in [-0.15, -0.1) is 0 Å². The monoisotopic (exact) mass is 275 g/mol. The van der Waals surface area contributed by atoms with Gasteiger partial charge in [0.15, 0.2) is 5.78 Å². The number of hydrogen-bond acceptors (Lipinski definition) is 3. The van der Waals surface area contributed by atoms with Crippen LogP contribution in [0.2, 0.25) is 0 Å². The molecule has 0 bridgehead atoms. The maximum Gasteiger partial charge on any atom is 0.303 e. The van der Waals surface area contributed by atoms with Crippen LogP contribution in [0.4, 0.5) is 0 Å². The van der Waals surface area contributed by atoms with Crippen LogP contribution in [-0.4, -0.2) is 22.8 Å². The quantitative estimate of drug-likeness (QED) is 0.738. The van der Waals surface area contributed by atoms with E-state index in [0.29, 0.717) is 13.0 Å². The Bertz CT molecular complexity index is 534. The largest absolute Gasteiger partial charge is 0.481 e. The van der Waals surface area contributed by atoms with E-state index in [2.05, 4.69) is 5.32 Å². The molecule has 0 saturated heterocycles. The van der Waals surface area contributed by atoms with Crippen molar-refractivity contribution in [2.45, 2.75) is 26.3 Å². The SMILES string of the molecule is CC(=O)/C=C/C(=O)NCc1ccccc1CCC(=O)O. The third-order valence-corrected chi connectivity index (χ3v) is 2.65. The number of benzene rings is 1. The molecular formula is C15H17NO4. The minimum Gasteiger partial charge on any atom is -0.481 e. The number of aryl methyl sites for hydroxylation is 1. The number of carboxylic acids is 1. The zero-order valence-electron chi connectivity index (χ0n) is 11.3. The summed E-state index contributed by atoms with van der Waals surface area (Å²) in [5.41, 5.74) is 1.77. The van der Waals surface area contributed by atoms with Crippen LogP contribution in [0.25, 0.3) is 0 Å². The molecule has 0 atom stereocenters. The van der Waals surface area contributed by atoms with Crippen molar-refractivity contribution in [1.82, 2.24) is 5.32 Å². The first-order valence-corrected chi connectivity index (χ1v) is 6.24. The van der Waals surface area contributed by atoms with Crippen molar-refractivity contribution in [2.75, 3.05) is 0 Å². The number of hydrogen-bond donors (Lipinski definition) is 2. The third kappa shape index (κ3) is 5.95. The molecule has 20 heavy (non-hydrogen) atoms. The van der Waals surface area contributed by atoms with Crippen molar-refractivity contribution in [3.63, 3.8) is 0 Å². The van der Waals surface area contributed by atoms with Gasteiger partial charge in [-0.25, -0.2) is 0 Å². The van der Waals surface area contributed by atoms with Crippen molar-refractivity contribution in [2.24, 2.45) is 0 Å². The molecule has 0 unspecified atom stereocenters. The lowest BCUT2D eigenvalue weighted by Gasteiger charge is -2.08. The molecule has 0 fully saturated rings. The molecule has 0 aromatic heterocycles. The van der Waals surface area contributed by atoms with Gasteiger partial charge in [0.25, 0.3) is 0 Å². The lowest BCUT2D eigenvalue weighted by atomic mass is 10.0. The molecule has 1 aromatic rings. The summed E-state index contributed by atoms with van der Waals surface area (Å²) in [4.78, 5) is 32.7. The fourth-order valence-corrected chi connectivity index (χ4v) is 1.65. The molecule has 2 N–H and O–H groups in total. The van der Waals surface area contributed by atoms with Crippen LogP contribution in [-0.2, 0) is 27.3 Å². The molecule has 0 aliphatic rings. The topological polar surface area (TPSA) is 83.5 Å². The van der Waals surface area contributed by atoms with Crippen molar-refractivity contribution in [3.05, 3.63) is 47.5 Å². The molecule has 0 spiro atoms. The predicted octanol–water partition coefficient (Wildman–Crippen LogP) is 1.47. The second-order valence-electron chi connectivity index (χ2n) is 4.32. The van der Waals surface area contributed by atoms with E-state index in [1.54, 1.807) is 0 Å². The second-order valence-corrected chi connectivity index (χ2v) is 4.32. The van der Waals surface area contributed by atoms with Gasteiger partial charge < -0.3 is 10.4 Å². The van der Waals surface area contributed by atoms with E-state index < -0.39 is 5.97 Å². The van der Waals surface area contributed by atoms with Crippen LogP contribution >= 0.6 is 0 Å². The molecular weight excluding hydrogens is 258 g/mol. The summed E-state index contributed by atoms with van der Waals surface area (Å²) in [7, 11) is 0. The summed E-state index contributed by atoms with van der Waals surface area (Å²) in [6, 6.07) is 7.34. The summed E-state index contributed by atoms with van der Waals surface area (Å²) in [6.45, 7) is 1.67. The number of carbonyl (C=O) groups excluding carboxylic acids is 2. The smallest absolute Gasteiger partial charge is 0.303 e. The van der Waals surface area contributed by atoms with Gasteiger partial charge in [0.05, 0.1) is 0 Å². The zero-order valence-corrected chi connectivity index (χ0v) is 11.3. The van der Waals surface area contributed by atoms with E-state index in [1.165, 1.54) is 19.1 Å². The number of rotatable bonds is 7. The van der Waals surface area contributed by atoms with Crippen molar-refractivity contribution in [1.29, 1.82) is 0 Å². The van der Waals surface area contributed by atoms with E-state index in [0.717, 1.165) is 11.1 Å². The van der Waals surface area contributed by atoms with Crippen molar-refractivity contribution in [3.8, 4) is 0 Å². The van der Waals surface area contributed by atoms with Gasteiger partial charge in [-0.3, -0.25) is 14.4 Å². The van der Waals surface area contributed by atoms with Gasteiger partial charge in [0.1, 0.15) is 0 Å². The molecule has 0 radical (unpaired) electrons. The van der Waals surface area contributed by atoms with Crippen LogP contribution in [0.3, 0.4) is 0 Å². The first-order valence-electron chi connectivity index (χ1n) is 6.24. The van der Waals surface area contributed by atoms with Crippen LogP contribution in [0.5, 0.6) is 0 Å². The van der Waals surface area contributed by atoms with Crippen LogP contribution in [0.15, 0.2) is 36.4 Å². The highest BCUT2D eigenvalue weighted by Gasteiger charge is 2.05. The Morgan fingerprint density at radius 2 is 1.80 bits per heavy atom. The molecule has 5 nitrogen and oxygen atoms in total. The Labute approximate surface area is 117 Å². The average Bonchev–Trinajstić information content (AvgIpc) is 2.41. The van der Waals surface area contributed by atoms with Gasteiger partial charge in [-0.1, -0.05) is 24.3 Å². The molecule has 0 saturated carbocycles. The highest BCUT2D eigenvalue weighted by molar-refractivity contribution is 5.96. The predicted molar refractivity (Wildman–Crippen MR) is 74.1 cm³/mol. The first-order chi connectivity index (χ1) is 9.49. The third-order valence-electron chi connectivity index (χ3n) is 2.65. The first kappa shape index (κ1) is 15.6. The summed E-state index contributed by atoms with van der Waals surface area (Å²) < 4.78 is 0. The molecule has 0 aliphatic carbocycles. The zero-order chi connectivity index (χ0) is 15.0. The highest BCUT2D eigenvalue weighted by Crippen LogP contribution is 2.11. The minimum absolute atomic E-state index is 0.0508. The molecule has 0 heterocycles. The number of amides is 1. The standard InChI is InChI=1S/C15H17NO4/c1-11(17)6-8-14(18)16-10-13-5-3-2-4-12(13)7-9-15(19)20/h2-6,8H,7,9-10H2,1H3,(H,16,18)(H,19,20)/b8-6+. The molecule has 1 amide bonds. The Hall–Kier alpha value is -2.43. The summed E-state index contributed by atoms with van der Waals surface area (Å²) >= 11 is 0. The van der Waals surface area contributed by atoms with Gasteiger partial charge >= 0.3 is 5.97 Å². The van der Waals surface area contributed by atoms with Gasteiger partial charge in [-0.05, 0) is 30.5 Å². The molecule has 5 heteroatoms. The van der Waals surface area contributed by atoms with Crippen molar-refractivity contribution < 1.29 is 19.5 Å². The fourth-order valence-electron chi connectivity index (χ4n) is 1.65. The molecule has 0 aliphatic heterocycles. The van der Waals surface area contributed by atoms with E-state index >= 15 is 0 Å². The molecule has 106 valence electrons.